The van der Waals surface area contributed by atoms with E-state index >= 15 is 0 Å². The van der Waals surface area contributed by atoms with Gasteiger partial charge in [-0.25, -0.2) is 0 Å². The van der Waals surface area contributed by atoms with Crippen LogP contribution in [0.5, 0.6) is 17.4 Å². The number of benzene rings is 1. The largest absolute Gasteiger partial charge is 0.490 e. The quantitative estimate of drug-likeness (QED) is 0.475. The van der Waals surface area contributed by atoms with Crippen molar-refractivity contribution in [1.29, 1.82) is 0 Å². The van der Waals surface area contributed by atoms with Crippen molar-refractivity contribution in [3.63, 3.8) is 0 Å². The lowest BCUT2D eigenvalue weighted by Crippen LogP contribution is -2.14. The van der Waals surface area contributed by atoms with E-state index in [1.54, 1.807) is 18.2 Å². The summed E-state index contributed by atoms with van der Waals surface area (Å²) in [6.07, 6.45) is 3.87. The molecule has 1 heterocycles. The van der Waals surface area contributed by atoms with Gasteiger partial charge in [-0.15, -0.1) is 0 Å². The third kappa shape index (κ3) is 5.07. The topological polar surface area (TPSA) is 128 Å². The molecule has 2 N–H and O–H groups in total. The molecule has 2 aromatic rings. The van der Waals surface area contributed by atoms with Crippen molar-refractivity contribution < 1.29 is 19.5 Å². The Kier molecular flexibility index (Phi) is 6.94. The Bertz CT molecular complexity index is 926. The van der Waals surface area contributed by atoms with Gasteiger partial charge < -0.3 is 19.6 Å². The first kappa shape index (κ1) is 20.4. The van der Waals surface area contributed by atoms with E-state index in [1.807, 2.05) is 13.8 Å². The Hall–Kier alpha value is -2.88. The maximum absolute atomic E-state index is 11.7. The van der Waals surface area contributed by atoms with E-state index in [-0.39, 0.29) is 5.82 Å². The molecule has 1 aromatic carbocycles. The lowest BCUT2D eigenvalue weighted by molar-refractivity contribution is -0.387. The Morgan fingerprint density at radius 3 is 2.67 bits per heavy atom. The van der Waals surface area contributed by atoms with Gasteiger partial charge in [0.25, 0.3) is 5.88 Å². The molecule has 1 aromatic heterocycles. The molecule has 0 saturated carbocycles. The smallest absolute Gasteiger partial charge is 0.395 e. The number of rotatable bonds is 8. The molecule has 0 spiro atoms. The molecule has 0 aliphatic rings. The first-order valence-electron chi connectivity index (χ1n) is 8.12. The molecular formula is C17H18BrN3O6. The number of halogens is 1. The second-order valence-corrected chi connectivity index (χ2v) is 6.18. The van der Waals surface area contributed by atoms with Crippen molar-refractivity contribution in [3.8, 4) is 17.4 Å². The number of aromatic hydroxyl groups is 1. The first-order valence-corrected chi connectivity index (χ1v) is 8.91. The molecule has 27 heavy (non-hydrogen) atoms. The fourth-order valence-electron chi connectivity index (χ4n) is 2.18. The predicted molar refractivity (Wildman–Crippen MR) is 103 cm³/mol. The highest BCUT2D eigenvalue weighted by Crippen LogP contribution is 2.37. The average Bonchev–Trinajstić information content (AvgIpc) is 2.58. The normalized spacial score (nSPS) is 10.9. The van der Waals surface area contributed by atoms with Gasteiger partial charge in [0.2, 0.25) is 0 Å². The summed E-state index contributed by atoms with van der Waals surface area (Å²) < 4.78 is 12.0. The minimum Gasteiger partial charge on any atom is -0.490 e. The second kappa shape index (κ2) is 9.17. The number of ether oxygens (including phenoxy) is 2. The van der Waals surface area contributed by atoms with Crippen LogP contribution in [0.1, 0.15) is 31.7 Å². The van der Waals surface area contributed by atoms with Gasteiger partial charge in [0.1, 0.15) is 5.82 Å². The molecule has 0 aliphatic carbocycles. The van der Waals surface area contributed by atoms with Crippen LogP contribution >= 0.6 is 15.9 Å². The number of hydrogen-bond donors (Lipinski definition) is 2. The number of nitro groups is 1. The van der Waals surface area contributed by atoms with Crippen LogP contribution in [-0.4, -0.2) is 33.2 Å². The lowest BCUT2D eigenvalue weighted by Gasteiger charge is -2.14. The van der Waals surface area contributed by atoms with Gasteiger partial charge in [0, 0.05) is 0 Å². The summed E-state index contributed by atoms with van der Waals surface area (Å²) in [5.74, 6) is 0.176. The van der Waals surface area contributed by atoms with Gasteiger partial charge in [-0.05, 0) is 53.0 Å². The summed E-state index contributed by atoms with van der Waals surface area (Å²) in [5.41, 5.74) is -1.33. The molecule has 10 heteroatoms. The zero-order chi connectivity index (χ0) is 20.0. The summed E-state index contributed by atoms with van der Waals surface area (Å²) in [4.78, 5) is 27.3. The average molecular weight is 440 g/mol. The van der Waals surface area contributed by atoms with Crippen LogP contribution in [0.3, 0.4) is 0 Å². The van der Waals surface area contributed by atoms with Crippen LogP contribution in [0.2, 0.25) is 0 Å². The fourth-order valence-corrected chi connectivity index (χ4v) is 2.76. The minimum absolute atomic E-state index is 0.0245. The lowest BCUT2D eigenvalue weighted by atomic mass is 10.2. The Morgan fingerprint density at radius 2 is 2.07 bits per heavy atom. The fraction of sp³-hybridized carbons (Fsp3) is 0.294. The molecule has 0 fully saturated rings. The highest BCUT2D eigenvalue weighted by atomic mass is 79.9. The van der Waals surface area contributed by atoms with E-state index in [0.717, 1.165) is 6.42 Å². The summed E-state index contributed by atoms with van der Waals surface area (Å²) in [5, 5.41) is 20.3. The summed E-state index contributed by atoms with van der Waals surface area (Å²) in [6.45, 7) is 4.85. The minimum atomic E-state index is -1.04. The number of aromatic amines is 1. The van der Waals surface area contributed by atoms with E-state index in [2.05, 4.69) is 25.9 Å². The van der Waals surface area contributed by atoms with E-state index in [9.17, 15) is 20.0 Å². The molecule has 0 radical (unpaired) electrons. The van der Waals surface area contributed by atoms with Crippen molar-refractivity contribution in [2.24, 2.45) is 0 Å². The van der Waals surface area contributed by atoms with E-state index in [4.69, 9.17) is 9.47 Å². The molecular weight excluding hydrogens is 422 g/mol. The molecule has 9 nitrogen and oxygen atoms in total. The number of nitrogens with zero attached hydrogens (tertiary/aromatic N) is 2. The molecule has 0 bridgehead atoms. The first-order chi connectivity index (χ1) is 12.9. The third-order valence-corrected chi connectivity index (χ3v) is 3.88. The number of hydrogen-bond acceptors (Lipinski definition) is 7. The number of aromatic nitrogens is 2. The van der Waals surface area contributed by atoms with Crippen molar-refractivity contribution in [3.05, 3.63) is 48.5 Å². The standard InChI is InChI=1S/C17H18BrN3O6/c1-3-7-27-15-11(18)8-10(9-12(15)26-4-2)5-6-13-19-16(22)14(21(24)25)17(23)20-13/h5-6,8-9H,3-4,7H2,1-2H3,(H2,19,20,22,23)/b6-5+. The van der Waals surface area contributed by atoms with Crippen molar-refractivity contribution in [2.75, 3.05) is 13.2 Å². The maximum Gasteiger partial charge on any atom is 0.395 e. The van der Waals surface area contributed by atoms with Crippen molar-refractivity contribution in [2.45, 2.75) is 20.3 Å². The highest BCUT2D eigenvalue weighted by molar-refractivity contribution is 9.10. The number of nitrogens with one attached hydrogen (secondary N) is 1. The molecule has 0 aliphatic heterocycles. The predicted octanol–water partition coefficient (Wildman–Crippen LogP) is 3.50. The molecule has 0 saturated heterocycles. The zero-order valence-corrected chi connectivity index (χ0v) is 16.3. The van der Waals surface area contributed by atoms with Crippen LogP contribution < -0.4 is 15.0 Å². The van der Waals surface area contributed by atoms with Crippen LogP contribution in [-0.2, 0) is 0 Å². The molecule has 0 unspecified atom stereocenters. The van der Waals surface area contributed by atoms with Gasteiger partial charge in [-0.2, -0.15) is 4.98 Å². The Balaban J connectivity index is 2.36. The molecule has 0 amide bonds. The molecule has 2 rings (SSSR count). The van der Waals surface area contributed by atoms with Crippen molar-refractivity contribution in [1.82, 2.24) is 9.97 Å². The van der Waals surface area contributed by atoms with Gasteiger partial charge in [0.05, 0.1) is 22.6 Å². The van der Waals surface area contributed by atoms with E-state index in [1.165, 1.54) is 6.08 Å². The molecule has 144 valence electrons. The summed E-state index contributed by atoms with van der Waals surface area (Å²) >= 11 is 3.45. The van der Waals surface area contributed by atoms with Gasteiger partial charge in [0.15, 0.2) is 11.5 Å². The van der Waals surface area contributed by atoms with Gasteiger partial charge in [-0.3, -0.25) is 14.9 Å². The summed E-state index contributed by atoms with van der Waals surface area (Å²) in [6, 6.07) is 3.53. The van der Waals surface area contributed by atoms with Gasteiger partial charge >= 0.3 is 11.2 Å². The number of H-pyrrole nitrogens is 1. The maximum atomic E-state index is 11.7. The Labute approximate surface area is 162 Å². The van der Waals surface area contributed by atoms with Crippen molar-refractivity contribution >= 4 is 33.8 Å². The van der Waals surface area contributed by atoms with Crippen LogP contribution in [0.15, 0.2) is 21.4 Å². The van der Waals surface area contributed by atoms with Crippen LogP contribution in [0.4, 0.5) is 5.69 Å². The van der Waals surface area contributed by atoms with E-state index < -0.39 is 22.0 Å². The highest BCUT2D eigenvalue weighted by Gasteiger charge is 2.21. The SMILES string of the molecule is CCCOc1c(Br)cc(/C=C/c2nc(O)c([N+](=O)[O-])c(=O)[nH]2)cc1OCC. The Morgan fingerprint density at radius 1 is 1.33 bits per heavy atom. The van der Waals surface area contributed by atoms with E-state index in [0.29, 0.717) is 34.7 Å². The zero-order valence-electron chi connectivity index (χ0n) is 14.7. The van der Waals surface area contributed by atoms with Crippen LogP contribution in [0, 0.1) is 10.1 Å². The second-order valence-electron chi connectivity index (χ2n) is 5.33. The molecule has 0 atom stereocenters. The monoisotopic (exact) mass is 439 g/mol. The third-order valence-electron chi connectivity index (χ3n) is 3.29. The van der Waals surface area contributed by atoms with Crippen LogP contribution in [0.25, 0.3) is 12.2 Å². The summed E-state index contributed by atoms with van der Waals surface area (Å²) in [7, 11) is 0. The van der Waals surface area contributed by atoms with Gasteiger partial charge in [-0.1, -0.05) is 13.0 Å².